The molecular formula is C13H11BrClN3O4S. The highest BCUT2D eigenvalue weighted by molar-refractivity contribution is 9.10. The molecule has 0 spiro atoms. The van der Waals surface area contributed by atoms with E-state index < -0.39 is 15.9 Å². The highest BCUT2D eigenvalue weighted by Gasteiger charge is 2.19. The van der Waals surface area contributed by atoms with Gasteiger partial charge in [0.15, 0.2) is 0 Å². The molecule has 0 saturated carbocycles. The van der Waals surface area contributed by atoms with Crippen LogP contribution in [-0.2, 0) is 10.0 Å². The quantitative estimate of drug-likeness (QED) is 0.570. The van der Waals surface area contributed by atoms with Crippen LogP contribution < -0.4 is 15.0 Å². The zero-order valence-corrected chi connectivity index (χ0v) is 14.9. The average Bonchev–Trinajstić information content (AvgIpc) is 2.55. The molecule has 1 amide bonds. The van der Waals surface area contributed by atoms with E-state index in [-0.39, 0.29) is 15.6 Å². The summed E-state index contributed by atoms with van der Waals surface area (Å²) in [7, 11) is -2.59. The number of sulfonamides is 1. The minimum atomic E-state index is -4.00. The Morgan fingerprint density at radius 2 is 2.04 bits per heavy atom. The average molecular weight is 421 g/mol. The van der Waals surface area contributed by atoms with Gasteiger partial charge >= 0.3 is 0 Å². The number of methoxy groups -OCH3 is 1. The van der Waals surface area contributed by atoms with Gasteiger partial charge in [-0.05, 0) is 34.1 Å². The smallest absolute Gasteiger partial charge is 0.270 e. The number of benzene rings is 1. The monoisotopic (exact) mass is 419 g/mol. The second-order valence-electron chi connectivity index (χ2n) is 4.20. The van der Waals surface area contributed by atoms with Gasteiger partial charge in [0.2, 0.25) is 0 Å². The van der Waals surface area contributed by atoms with Crippen molar-refractivity contribution >= 4 is 43.5 Å². The molecule has 1 aromatic carbocycles. The molecular weight excluding hydrogens is 410 g/mol. The van der Waals surface area contributed by atoms with Crippen LogP contribution in [0, 0.1) is 0 Å². The molecule has 0 aliphatic carbocycles. The number of amides is 1. The largest absolute Gasteiger partial charge is 0.496 e. The molecule has 10 heteroatoms. The Balaban J connectivity index is 2.15. The number of halogens is 2. The number of hydrogen-bond donors (Lipinski definition) is 2. The summed E-state index contributed by atoms with van der Waals surface area (Å²) in [5.74, 6) is -0.341. The van der Waals surface area contributed by atoms with E-state index in [0.29, 0.717) is 10.2 Å². The van der Waals surface area contributed by atoms with Crippen molar-refractivity contribution in [2.45, 2.75) is 4.90 Å². The summed E-state index contributed by atoms with van der Waals surface area (Å²) in [4.78, 5) is 17.6. The molecule has 2 rings (SSSR count). The molecule has 0 radical (unpaired) electrons. The third kappa shape index (κ3) is 4.20. The third-order valence-corrected chi connectivity index (χ3v) is 5.08. The molecule has 0 bridgehead atoms. The molecule has 2 N–H and O–H groups in total. The van der Waals surface area contributed by atoms with Crippen molar-refractivity contribution in [1.82, 2.24) is 15.2 Å². The summed E-state index contributed by atoms with van der Waals surface area (Å²) in [6.07, 6.45) is 1.07. The molecule has 1 heterocycles. The van der Waals surface area contributed by atoms with Gasteiger partial charge in [0.05, 0.1) is 17.1 Å². The first-order valence-electron chi connectivity index (χ1n) is 6.11. The molecule has 122 valence electrons. The van der Waals surface area contributed by atoms with Gasteiger partial charge in [0.1, 0.15) is 15.8 Å². The fraction of sp³-hybridized carbons (Fsp3) is 0.0769. The maximum Gasteiger partial charge on any atom is 0.270 e. The molecule has 0 fully saturated rings. The minimum absolute atomic E-state index is 0.127. The van der Waals surface area contributed by atoms with Crippen LogP contribution in [0.1, 0.15) is 10.4 Å². The highest BCUT2D eigenvalue weighted by atomic mass is 79.9. The number of para-hydroxylation sites is 1. The third-order valence-electron chi connectivity index (χ3n) is 2.73. The van der Waals surface area contributed by atoms with Gasteiger partial charge in [0, 0.05) is 6.20 Å². The number of carbonyl (C=O) groups excluding carboxylic acids is 1. The van der Waals surface area contributed by atoms with E-state index in [9.17, 15) is 13.2 Å². The zero-order chi connectivity index (χ0) is 17.0. The van der Waals surface area contributed by atoms with Crippen LogP contribution >= 0.6 is 27.5 Å². The minimum Gasteiger partial charge on any atom is -0.496 e. The zero-order valence-electron chi connectivity index (χ0n) is 11.7. The van der Waals surface area contributed by atoms with Crippen LogP contribution in [0.2, 0.25) is 5.15 Å². The number of ether oxygens (including phenoxy) is 1. The molecule has 0 saturated heterocycles. The predicted octanol–water partition coefficient (Wildman–Crippen LogP) is 2.13. The first kappa shape index (κ1) is 17.7. The Kier molecular flexibility index (Phi) is 5.58. The lowest BCUT2D eigenvalue weighted by molar-refractivity contribution is 0.0942. The second-order valence-corrected chi connectivity index (χ2v) is 7.10. The van der Waals surface area contributed by atoms with Crippen LogP contribution in [0.3, 0.4) is 0 Å². The van der Waals surface area contributed by atoms with E-state index in [4.69, 9.17) is 16.3 Å². The van der Waals surface area contributed by atoms with E-state index in [1.54, 1.807) is 18.2 Å². The number of hydrazine groups is 1. The van der Waals surface area contributed by atoms with Gasteiger partial charge in [-0.2, -0.15) is 0 Å². The fourth-order valence-electron chi connectivity index (χ4n) is 1.62. The second kappa shape index (κ2) is 7.26. The van der Waals surface area contributed by atoms with E-state index >= 15 is 0 Å². The van der Waals surface area contributed by atoms with Crippen LogP contribution in [0.25, 0.3) is 0 Å². The molecule has 7 nitrogen and oxygen atoms in total. The Labute approximate surface area is 146 Å². The summed E-state index contributed by atoms with van der Waals surface area (Å²) in [5, 5.41) is 0.127. The summed E-state index contributed by atoms with van der Waals surface area (Å²) >= 11 is 8.80. The summed E-state index contributed by atoms with van der Waals surface area (Å²) < 4.78 is 29.6. The number of rotatable bonds is 5. The lowest BCUT2D eigenvalue weighted by Crippen LogP contribution is -2.41. The lowest BCUT2D eigenvalue weighted by Gasteiger charge is -2.10. The Hall–Kier alpha value is -1.68. The molecule has 2 aromatic rings. The molecule has 23 heavy (non-hydrogen) atoms. The van der Waals surface area contributed by atoms with E-state index in [2.05, 4.69) is 26.3 Å². The number of aromatic nitrogens is 1. The van der Waals surface area contributed by atoms with Crippen molar-refractivity contribution in [3.8, 4) is 5.75 Å². The van der Waals surface area contributed by atoms with Crippen LogP contribution in [0.5, 0.6) is 5.75 Å². The summed E-state index contributed by atoms with van der Waals surface area (Å²) in [5.41, 5.74) is 2.30. The van der Waals surface area contributed by atoms with Crippen LogP contribution in [0.4, 0.5) is 0 Å². The van der Waals surface area contributed by atoms with Gasteiger partial charge in [-0.25, -0.2) is 13.4 Å². The maximum absolute atomic E-state index is 12.1. The number of hydrogen-bond acceptors (Lipinski definition) is 5. The van der Waals surface area contributed by atoms with Gasteiger partial charge in [-0.3, -0.25) is 10.2 Å². The summed E-state index contributed by atoms with van der Waals surface area (Å²) in [6.45, 7) is 0. The van der Waals surface area contributed by atoms with Crippen molar-refractivity contribution in [2.75, 3.05) is 7.11 Å². The van der Waals surface area contributed by atoms with Crippen molar-refractivity contribution < 1.29 is 17.9 Å². The van der Waals surface area contributed by atoms with Gasteiger partial charge < -0.3 is 4.74 Å². The number of nitrogens with one attached hydrogen (secondary N) is 2. The van der Waals surface area contributed by atoms with Crippen molar-refractivity contribution in [1.29, 1.82) is 0 Å². The topological polar surface area (TPSA) is 97.4 Å². The molecule has 0 aliphatic rings. The Morgan fingerprint density at radius 1 is 1.35 bits per heavy atom. The first-order valence-corrected chi connectivity index (χ1v) is 8.77. The summed E-state index contributed by atoms with van der Waals surface area (Å²) in [6, 6.07) is 7.68. The van der Waals surface area contributed by atoms with E-state index in [1.165, 1.54) is 19.2 Å². The number of pyridine rings is 1. The van der Waals surface area contributed by atoms with E-state index in [0.717, 1.165) is 6.20 Å². The molecule has 0 atom stereocenters. The van der Waals surface area contributed by atoms with Crippen molar-refractivity contribution in [3.05, 3.63) is 51.7 Å². The van der Waals surface area contributed by atoms with Crippen molar-refractivity contribution in [3.63, 3.8) is 0 Å². The first-order chi connectivity index (χ1) is 10.8. The van der Waals surface area contributed by atoms with Gasteiger partial charge in [0.25, 0.3) is 15.9 Å². The van der Waals surface area contributed by atoms with E-state index in [1.807, 2.05) is 4.83 Å². The number of nitrogens with zero attached hydrogens (tertiary/aromatic N) is 1. The Bertz CT molecular complexity index is 845. The normalized spacial score (nSPS) is 11.1. The maximum atomic E-state index is 12.1. The van der Waals surface area contributed by atoms with Gasteiger partial charge in [-0.15, -0.1) is 4.83 Å². The lowest BCUT2D eigenvalue weighted by atomic mass is 10.2. The molecule has 0 aliphatic heterocycles. The standard InChI is InChI=1S/C13H11BrClN3O4S/c1-22-11-5-3-2-4-9(11)13(19)17-18-23(20,21)8-6-10(14)12(15)16-7-8/h2-7,18H,1H3,(H,17,19). The molecule has 1 aromatic heterocycles. The van der Waals surface area contributed by atoms with Gasteiger partial charge in [-0.1, -0.05) is 23.7 Å². The highest BCUT2D eigenvalue weighted by Crippen LogP contribution is 2.22. The Morgan fingerprint density at radius 3 is 2.70 bits per heavy atom. The van der Waals surface area contributed by atoms with Crippen molar-refractivity contribution in [2.24, 2.45) is 0 Å². The molecule has 0 unspecified atom stereocenters. The predicted molar refractivity (Wildman–Crippen MR) is 87.7 cm³/mol. The van der Waals surface area contributed by atoms with Crippen LogP contribution in [0.15, 0.2) is 45.9 Å². The fourth-order valence-corrected chi connectivity index (χ4v) is 3.04. The number of carbonyl (C=O) groups is 1. The van der Waals surface area contributed by atoms with Crippen LogP contribution in [-0.4, -0.2) is 26.4 Å². The SMILES string of the molecule is COc1ccccc1C(=O)NNS(=O)(=O)c1cnc(Cl)c(Br)c1.